The van der Waals surface area contributed by atoms with Crippen LogP contribution in [0, 0.1) is 6.92 Å². The van der Waals surface area contributed by atoms with Gasteiger partial charge in [-0.3, -0.25) is 9.59 Å². The molecule has 0 N–H and O–H groups in total. The zero-order valence-corrected chi connectivity index (χ0v) is 14.0. The molecule has 0 saturated carbocycles. The second-order valence-corrected chi connectivity index (χ2v) is 6.23. The van der Waals surface area contributed by atoms with E-state index in [0.717, 1.165) is 11.3 Å². The molecule has 5 heteroatoms. The molecule has 1 aliphatic rings. The summed E-state index contributed by atoms with van der Waals surface area (Å²) in [4.78, 5) is 24.8. The average Bonchev–Trinajstić information content (AvgIpc) is 3.10. The van der Waals surface area contributed by atoms with Crippen LogP contribution in [0.15, 0.2) is 57.7 Å². The molecular weight excluding hydrogens is 318 g/mol. The van der Waals surface area contributed by atoms with Gasteiger partial charge < -0.3 is 13.7 Å². The van der Waals surface area contributed by atoms with Gasteiger partial charge in [0.15, 0.2) is 0 Å². The molecule has 2 aromatic heterocycles. The lowest BCUT2D eigenvalue weighted by Crippen LogP contribution is -2.31. The maximum atomic E-state index is 12.7. The molecule has 3 aromatic rings. The monoisotopic (exact) mass is 335 g/mol. The third-order valence-corrected chi connectivity index (χ3v) is 4.64. The smallest absolute Gasteiger partial charge is 0.312 e. The fourth-order valence-corrected chi connectivity index (χ4v) is 3.19. The molecule has 0 spiro atoms. The molecular formula is C20H17NO4. The van der Waals surface area contributed by atoms with E-state index in [9.17, 15) is 9.59 Å². The minimum atomic E-state index is -0.437. The summed E-state index contributed by atoms with van der Waals surface area (Å²) in [5.74, 6) is 0.841. The number of hydrogen-bond donors (Lipinski definition) is 0. The highest BCUT2D eigenvalue weighted by molar-refractivity contribution is 5.77. The number of furan rings is 1. The minimum absolute atomic E-state index is 0.0903. The van der Waals surface area contributed by atoms with Crippen LogP contribution in [0.2, 0.25) is 0 Å². The summed E-state index contributed by atoms with van der Waals surface area (Å²) in [6.07, 6.45) is 0.0903. The van der Waals surface area contributed by atoms with Crippen molar-refractivity contribution >= 4 is 5.97 Å². The van der Waals surface area contributed by atoms with Crippen LogP contribution >= 0.6 is 0 Å². The molecule has 0 unspecified atom stereocenters. The number of pyridine rings is 1. The largest absolute Gasteiger partial charge is 0.460 e. The SMILES string of the molecule is Cc1cc2c(c(=O)n1C)[C@@H](c1ccc(-c3ccccc3)o1)CC(=O)O2. The van der Waals surface area contributed by atoms with Crippen LogP contribution < -0.4 is 10.3 Å². The standard InChI is InChI=1S/C20H17NO4/c1-12-10-17-19(20(23)21(12)2)14(11-18(22)25-17)16-9-8-15(24-16)13-6-4-3-5-7-13/h3-10,14H,11H2,1-2H3/t14-/m1/s1. The summed E-state index contributed by atoms with van der Waals surface area (Å²) >= 11 is 0. The Morgan fingerprint density at radius 2 is 1.84 bits per heavy atom. The van der Waals surface area contributed by atoms with Crippen molar-refractivity contribution in [3.8, 4) is 17.1 Å². The Hall–Kier alpha value is -3.08. The zero-order chi connectivity index (χ0) is 17.6. The summed E-state index contributed by atoms with van der Waals surface area (Å²) in [5, 5.41) is 0. The highest BCUT2D eigenvalue weighted by Crippen LogP contribution is 2.38. The lowest BCUT2D eigenvalue weighted by molar-refractivity contribution is -0.135. The van der Waals surface area contributed by atoms with Crippen LogP contribution in [0.3, 0.4) is 0 Å². The third kappa shape index (κ3) is 2.58. The Labute approximate surface area is 144 Å². The predicted molar refractivity (Wildman–Crippen MR) is 92.7 cm³/mol. The van der Waals surface area contributed by atoms with Crippen molar-refractivity contribution < 1.29 is 13.9 Å². The van der Waals surface area contributed by atoms with Gasteiger partial charge in [0.05, 0.1) is 17.9 Å². The molecule has 0 amide bonds. The second kappa shape index (κ2) is 5.77. The first kappa shape index (κ1) is 15.4. The molecule has 1 atom stereocenters. The zero-order valence-electron chi connectivity index (χ0n) is 14.0. The van der Waals surface area contributed by atoms with E-state index in [4.69, 9.17) is 9.15 Å². The first-order valence-electron chi connectivity index (χ1n) is 8.11. The molecule has 25 heavy (non-hydrogen) atoms. The van der Waals surface area contributed by atoms with Crippen LogP contribution in [0.25, 0.3) is 11.3 Å². The Bertz CT molecular complexity index is 1010. The highest BCUT2D eigenvalue weighted by Gasteiger charge is 2.34. The number of rotatable bonds is 2. The lowest BCUT2D eigenvalue weighted by Gasteiger charge is -2.23. The maximum Gasteiger partial charge on any atom is 0.312 e. The van der Waals surface area contributed by atoms with Gasteiger partial charge in [-0.1, -0.05) is 30.3 Å². The van der Waals surface area contributed by atoms with Gasteiger partial charge in [0.1, 0.15) is 17.3 Å². The summed E-state index contributed by atoms with van der Waals surface area (Å²) < 4.78 is 12.8. The molecule has 0 radical (unpaired) electrons. The van der Waals surface area contributed by atoms with E-state index in [1.165, 1.54) is 0 Å². The Morgan fingerprint density at radius 1 is 1.08 bits per heavy atom. The fourth-order valence-electron chi connectivity index (χ4n) is 3.19. The number of benzene rings is 1. The normalized spacial score (nSPS) is 16.4. The first-order valence-corrected chi connectivity index (χ1v) is 8.11. The number of fused-ring (bicyclic) bond motifs is 1. The number of nitrogens with zero attached hydrogens (tertiary/aromatic N) is 1. The van der Waals surface area contributed by atoms with Crippen molar-refractivity contribution in [1.29, 1.82) is 0 Å². The second-order valence-electron chi connectivity index (χ2n) is 6.23. The fraction of sp³-hybridized carbons (Fsp3) is 0.200. The summed E-state index contributed by atoms with van der Waals surface area (Å²) in [6, 6.07) is 15.1. The van der Waals surface area contributed by atoms with Gasteiger partial charge in [-0.25, -0.2) is 0 Å². The van der Waals surface area contributed by atoms with Crippen LogP contribution in [0.1, 0.15) is 29.4 Å². The molecule has 0 saturated heterocycles. The van der Waals surface area contributed by atoms with E-state index in [-0.39, 0.29) is 17.9 Å². The van der Waals surface area contributed by atoms with Crippen LogP contribution in [0.4, 0.5) is 0 Å². The summed E-state index contributed by atoms with van der Waals surface area (Å²) in [5.41, 5.74) is 2.00. The molecule has 1 aliphatic heterocycles. The molecule has 126 valence electrons. The van der Waals surface area contributed by atoms with Crippen molar-refractivity contribution in [1.82, 2.24) is 4.57 Å². The van der Waals surface area contributed by atoms with Crippen molar-refractivity contribution in [3.63, 3.8) is 0 Å². The number of esters is 1. The first-order chi connectivity index (χ1) is 12.0. The van der Waals surface area contributed by atoms with Gasteiger partial charge >= 0.3 is 5.97 Å². The Kier molecular flexibility index (Phi) is 3.57. The van der Waals surface area contributed by atoms with Crippen LogP contribution in [0.5, 0.6) is 5.75 Å². The van der Waals surface area contributed by atoms with Crippen molar-refractivity contribution in [2.45, 2.75) is 19.3 Å². The topological polar surface area (TPSA) is 61.4 Å². The Morgan fingerprint density at radius 3 is 2.60 bits per heavy atom. The molecule has 1 aromatic carbocycles. The van der Waals surface area contributed by atoms with Crippen LogP contribution in [-0.4, -0.2) is 10.5 Å². The molecule has 4 rings (SSSR count). The molecule has 0 aliphatic carbocycles. The van der Waals surface area contributed by atoms with Crippen molar-refractivity contribution in [2.75, 3.05) is 0 Å². The average molecular weight is 335 g/mol. The molecule has 0 fully saturated rings. The van der Waals surface area contributed by atoms with E-state index in [1.807, 2.05) is 42.5 Å². The number of carbonyl (C=O) groups is 1. The van der Waals surface area contributed by atoms with Crippen molar-refractivity contribution in [3.05, 3.63) is 75.9 Å². The number of carbonyl (C=O) groups excluding carboxylic acids is 1. The number of aryl methyl sites for hydroxylation is 1. The van der Waals surface area contributed by atoms with E-state index < -0.39 is 5.92 Å². The molecule has 0 bridgehead atoms. The Balaban J connectivity index is 1.83. The number of aromatic nitrogens is 1. The summed E-state index contributed by atoms with van der Waals surface area (Å²) in [7, 11) is 1.71. The van der Waals surface area contributed by atoms with E-state index in [0.29, 0.717) is 22.8 Å². The van der Waals surface area contributed by atoms with Crippen molar-refractivity contribution in [2.24, 2.45) is 7.05 Å². The number of ether oxygens (including phenoxy) is 1. The number of hydrogen-bond acceptors (Lipinski definition) is 4. The van der Waals surface area contributed by atoms with Gasteiger partial charge in [0, 0.05) is 24.4 Å². The molecule has 3 heterocycles. The van der Waals surface area contributed by atoms with Gasteiger partial charge in [-0.15, -0.1) is 0 Å². The maximum absolute atomic E-state index is 12.7. The van der Waals surface area contributed by atoms with E-state index in [1.54, 1.807) is 24.6 Å². The highest BCUT2D eigenvalue weighted by atomic mass is 16.5. The minimum Gasteiger partial charge on any atom is -0.460 e. The third-order valence-electron chi connectivity index (χ3n) is 4.64. The van der Waals surface area contributed by atoms with E-state index in [2.05, 4.69) is 0 Å². The van der Waals surface area contributed by atoms with Gasteiger partial charge in [-0.05, 0) is 19.1 Å². The summed E-state index contributed by atoms with van der Waals surface area (Å²) in [6.45, 7) is 1.81. The van der Waals surface area contributed by atoms with Gasteiger partial charge in [0.2, 0.25) is 0 Å². The van der Waals surface area contributed by atoms with Gasteiger partial charge in [0.25, 0.3) is 5.56 Å². The lowest BCUT2D eigenvalue weighted by atomic mass is 9.91. The quantitative estimate of drug-likeness (QED) is 0.674. The predicted octanol–water partition coefficient (Wildman–Crippen LogP) is 3.39. The molecule has 5 nitrogen and oxygen atoms in total. The van der Waals surface area contributed by atoms with Gasteiger partial charge in [-0.2, -0.15) is 0 Å². The van der Waals surface area contributed by atoms with E-state index >= 15 is 0 Å². The van der Waals surface area contributed by atoms with Crippen LogP contribution in [-0.2, 0) is 11.8 Å².